The minimum atomic E-state index is -1.08. The molecule has 6 nitrogen and oxygen atoms in total. The smallest absolute Gasteiger partial charge is 0.335 e. The molecule has 1 rings (SSSR count). The Morgan fingerprint density at radius 3 is 1.43 bits per heavy atom. The summed E-state index contributed by atoms with van der Waals surface area (Å²) >= 11 is 0. The molecule has 0 aliphatic carbocycles. The number of benzene rings is 1. The molecule has 0 saturated heterocycles. The number of ether oxygens (including phenoxy) is 2. The number of hydrogen-bond acceptors (Lipinski definition) is 4. The Bertz CT molecular complexity index is 711. The number of rotatable bonds is 14. The van der Waals surface area contributed by atoms with Gasteiger partial charge in [-0.3, -0.25) is 0 Å². The Balaban J connectivity index is 3.59. The zero-order valence-electron chi connectivity index (χ0n) is 18.5. The lowest BCUT2D eigenvalue weighted by Gasteiger charge is -2.37. The van der Waals surface area contributed by atoms with E-state index >= 15 is 0 Å². The van der Waals surface area contributed by atoms with Crippen LogP contribution in [-0.4, -0.2) is 48.6 Å². The lowest BCUT2D eigenvalue weighted by atomic mass is 9.67. The van der Waals surface area contributed by atoms with Crippen molar-refractivity contribution in [1.82, 2.24) is 0 Å². The summed E-state index contributed by atoms with van der Waals surface area (Å²) in [6, 6.07) is 2.78. The Morgan fingerprint density at radius 2 is 1.17 bits per heavy atom. The van der Waals surface area contributed by atoms with Crippen molar-refractivity contribution in [2.45, 2.75) is 51.4 Å². The third-order valence-electron chi connectivity index (χ3n) is 5.23. The van der Waals surface area contributed by atoms with Crippen molar-refractivity contribution in [3.8, 4) is 0 Å². The summed E-state index contributed by atoms with van der Waals surface area (Å²) in [6.07, 6.45) is 4.36. The van der Waals surface area contributed by atoms with Gasteiger partial charge in [-0.05, 0) is 46.9 Å². The van der Waals surface area contributed by atoms with Gasteiger partial charge in [0.05, 0.1) is 24.3 Å². The summed E-state index contributed by atoms with van der Waals surface area (Å²) in [5.74, 6) is -2.16. The van der Waals surface area contributed by atoms with Crippen LogP contribution in [0.25, 0.3) is 0 Å². The summed E-state index contributed by atoms with van der Waals surface area (Å²) in [4.78, 5) is 24.2. The second kappa shape index (κ2) is 11.1. The molecule has 0 aromatic heterocycles. The van der Waals surface area contributed by atoms with Gasteiger partial charge in [-0.25, -0.2) is 9.59 Å². The van der Waals surface area contributed by atoms with E-state index in [1.165, 1.54) is 12.1 Å². The molecule has 6 heteroatoms. The summed E-state index contributed by atoms with van der Waals surface area (Å²) in [7, 11) is 0. The van der Waals surface area contributed by atoms with Crippen LogP contribution in [0.15, 0.2) is 37.4 Å². The molecule has 0 bridgehead atoms. The highest BCUT2D eigenvalue weighted by Crippen LogP contribution is 2.42. The van der Waals surface area contributed by atoms with E-state index in [0.29, 0.717) is 50.4 Å². The van der Waals surface area contributed by atoms with E-state index in [0.717, 1.165) is 0 Å². The first-order valence-electron chi connectivity index (χ1n) is 10.0. The molecule has 0 unspecified atom stereocenters. The highest BCUT2D eigenvalue weighted by molar-refractivity contribution is 5.96. The van der Waals surface area contributed by atoms with Crippen LogP contribution in [0, 0.1) is 0 Å². The standard InChI is InChI=1S/C24H34O6/c1-7-13-29-15-11-23(3,4)19-17(21(25)26)9-10-18(22(27)28)20(19)24(5,6)12-16-30-14-8-2/h7-10H,1-2,11-16H2,3-6H3,(H,25,26)(H,27,28). The Hall–Kier alpha value is -2.44. The largest absolute Gasteiger partial charge is 0.478 e. The molecule has 0 fully saturated rings. The van der Waals surface area contributed by atoms with Gasteiger partial charge in [-0.1, -0.05) is 39.8 Å². The van der Waals surface area contributed by atoms with Crippen molar-refractivity contribution in [3.63, 3.8) is 0 Å². The molecule has 30 heavy (non-hydrogen) atoms. The zero-order valence-corrected chi connectivity index (χ0v) is 18.5. The van der Waals surface area contributed by atoms with Gasteiger partial charge in [0.2, 0.25) is 0 Å². The summed E-state index contributed by atoms with van der Waals surface area (Å²) in [5, 5.41) is 19.8. The predicted octanol–water partition coefficient (Wildman–Crippen LogP) is 4.82. The molecule has 0 saturated carbocycles. The van der Waals surface area contributed by atoms with Gasteiger partial charge in [0.1, 0.15) is 0 Å². The lowest BCUT2D eigenvalue weighted by Crippen LogP contribution is -2.33. The van der Waals surface area contributed by atoms with Crippen LogP contribution in [0.2, 0.25) is 0 Å². The molecular weight excluding hydrogens is 384 g/mol. The number of carboxylic acids is 2. The molecule has 0 aliphatic rings. The van der Waals surface area contributed by atoms with Crippen LogP contribution >= 0.6 is 0 Å². The molecule has 0 atom stereocenters. The predicted molar refractivity (Wildman–Crippen MR) is 118 cm³/mol. The maximum atomic E-state index is 12.1. The second-order valence-electron chi connectivity index (χ2n) is 8.52. The van der Waals surface area contributed by atoms with Gasteiger partial charge in [0.25, 0.3) is 0 Å². The van der Waals surface area contributed by atoms with Gasteiger partial charge in [-0.15, -0.1) is 13.2 Å². The monoisotopic (exact) mass is 418 g/mol. The van der Waals surface area contributed by atoms with Crippen molar-refractivity contribution in [2.75, 3.05) is 26.4 Å². The molecule has 166 valence electrons. The first-order chi connectivity index (χ1) is 14.0. The molecule has 0 amide bonds. The van der Waals surface area contributed by atoms with Crippen molar-refractivity contribution >= 4 is 11.9 Å². The van der Waals surface area contributed by atoms with Crippen LogP contribution in [-0.2, 0) is 20.3 Å². The molecule has 1 aromatic rings. The van der Waals surface area contributed by atoms with Gasteiger partial charge in [-0.2, -0.15) is 0 Å². The van der Waals surface area contributed by atoms with E-state index in [2.05, 4.69) is 13.2 Å². The first-order valence-corrected chi connectivity index (χ1v) is 10.0. The number of aromatic carboxylic acids is 2. The van der Waals surface area contributed by atoms with Crippen molar-refractivity contribution in [3.05, 3.63) is 59.7 Å². The summed E-state index contributed by atoms with van der Waals surface area (Å²) in [6.45, 7) is 16.5. The molecule has 2 N–H and O–H groups in total. The van der Waals surface area contributed by atoms with E-state index in [1.807, 2.05) is 27.7 Å². The van der Waals surface area contributed by atoms with Gasteiger partial charge in [0.15, 0.2) is 0 Å². The minimum absolute atomic E-state index is 0.115. The molecule has 0 radical (unpaired) electrons. The molecule has 0 heterocycles. The Morgan fingerprint density at radius 1 is 0.833 bits per heavy atom. The number of carbonyl (C=O) groups is 2. The quantitative estimate of drug-likeness (QED) is 0.332. The van der Waals surface area contributed by atoms with E-state index < -0.39 is 22.8 Å². The second-order valence-corrected chi connectivity index (χ2v) is 8.52. The highest BCUT2D eigenvalue weighted by atomic mass is 16.5. The third-order valence-corrected chi connectivity index (χ3v) is 5.23. The molecule has 0 aliphatic heterocycles. The van der Waals surface area contributed by atoms with Gasteiger partial charge >= 0.3 is 11.9 Å². The van der Waals surface area contributed by atoms with Crippen LogP contribution < -0.4 is 0 Å². The van der Waals surface area contributed by atoms with Gasteiger partial charge in [0, 0.05) is 13.2 Å². The van der Waals surface area contributed by atoms with Crippen LogP contribution in [0.4, 0.5) is 0 Å². The number of hydrogen-bond donors (Lipinski definition) is 2. The maximum Gasteiger partial charge on any atom is 0.335 e. The van der Waals surface area contributed by atoms with Crippen molar-refractivity contribution in [2.24, 2.45) is 0 Å². The molecule has 1 aromatic carbocycles. The number of carboxylic acid groups (broad SMARTS) is 2. The fourth-order valence-electron chi connectivity index (χ4n) is 3.60. The minimum Gasteiger partial charge on any atom is -0.478 e. The summed E-state index contributed by atoms with van der Waals surface area (Å²) in [5.41, 5.74) is 0.0356. The van der Waals surface area contributed by atoms with E-state index in [4.69, 9.17) is 9.47 Å². The third kappa shape index (κ3) is 6.54. The zero-order chi connectivity index (χ0) is 22.9. The Kier molecular flexibility index (Phi) is 9.46. The first kappa shape index (κ1) is 25.6. The van der Waals surface area contributed by atoms with Crippen molar-refractivity contribution < 1.29 is 29.3 Å². The van der Waals surface area contributed by atoms with E-state index in [1.54, 1.807) is 12.2 Å². The molecular formula is C24H34O6. The molecule has 0 spiro atoms. The lowest BCUT2D eigenvalue weighted by molar-refractivity contribution is 0.0674. The average molecular weight is 419 g/mol. The fraction of sp³-hybridized carbons (Fsp3) is 0.500. The summed E-state index contributed by atoms with van der Waals surface area (Å²) < 4.78 is 11.0. The van der Waals surface area contributed by atoms with Crippen LogP contribution in [0.1, 0.15) is 72.4 Å². The van der Waals surface area contributed by atoms with Crippen LogP contribution in [0.5, 0.6) is 0 Å². The topological polar surface area (TPSA) is 93.1 Å². The highest BCUT2D eigenvalue weighted by Gasteiger charge is 2.37. The Labute approximate surface area is 179 Å². The SMILES string of the molecule is C=CCOCCC(C)(C)c1c(C(=O)O)ccc(C(=O)O)c1C(C)(C)CCOCC=C. The average Bonchev–Trinajstić information content (AvgIpc) is 2.67. The maximum absolute atomic E-state index is 12.1. The van der Waals surface area contributed by atoms with E-state index in [-0.39, 0.29) is 11.1 Å². The van der Waals surface area contributed by atoms with Crippen molar-refractivity contribution in [1.29, 1.82) is 0 Å². The fourth-order valence-corrected chi connectivity index (χ4v) is 3.60. The normalized spacial score (nSPS) is 11.9. The van der Waals surface area contributed by atoms with Gasteiger partial charge < -0.3 is 19.7 Å². The van der Waals surface area contributed by atoms with Crippen LogP contribution in [0.3, 0.4) is 0 Å². The van der Waals surface area contributed by atoms with E-state index in [9.17, 15) is 19.8 Å².